The molecular formula is C14H20BrNO3. The number of benzene rings is 1. The summed E-state index contributed by atoms with van der Waals surface area (Å²) in [6.07, 6.45) is 1.16. The topological polar surface area (TPSA) is 39.7 Å². The standard InChI is InChI=1S/C14H20BrNO3/c1-4-16-11-8-13(14(11)18-3)19-12-6-5-9(17-2)7-10(12)15/h5-7,11,13-14,16H,4,8H2,1-3H3. The number of nitrogens with one attached hydrogen (secondary N) is 1. The Labute approximate surface area is 122 Å². The van der Waals surface area contributed by atoms with Gasteiger partial charge in [0, 0.05) is 19.6 Å². The van der Waals surface area contributed by atoms with E-state index in [-0.39, 0.29) is 12.2 Å². The Morgan fingerprint density at radius 3 is 2.74 bits per heavy atom. The summed E-state index contributed by atoms with van der Waals surface area (Å²) >= 11 is 3.50. The zero-order valence-corrected chi connectivity index (χ0v) is 13.1. The summed E-state index contributed by atoms with van der Waals surface area (Å²) in [6, 6.07) is 6.09. The molecule has 106 valence electrons. The lowest BCUT2D eigenvalue weighted by molar-refractivity contribution is -0.0886. The minimum Gasteiger partial charge on any atom is -0.497 e. The molecule has 0 amide bonds. The van der Waals surface area contributed by atoms with Crippen LogP contribution < -0.4 is 14.8 Å². The van der Waals surface area contributed by atoms with Gasteiger partial charge in [-0.05, 0) is 40.7 Å². The lowest BCUT2D eigenvalue weighted by Crippen LogP contribution is -2.60. The fraction of sp³-hybridized carbons (Fsp3) is 0.571. The molecule has 19 heavy (non-hydrogen) atoms. The normalized spacial score (nSPS) is 25.8. The first kappa shape index (κ1) is 14.6. The Balaban J connectivity index is 1.98. The Kier molecular flexibility index (Phi) is 5.07. The second-order valence-electron chi connectivity index (χ2n) is 4.55. The summed E-state index contributed by atoms with van der Waals surface area (Å²) in [4.78, 5) is 0. The summed E-state index contributed by atoms with van der Waals surface area (Å²) in [5.41, 5.74) is 0. The summed E-state index contributed by atoms with van der Waals surface area (Å²) in [6.45, 7) is 3.05. The molecule has 0 spiro atoms. The highest BCUT2D eigenvalue weighted by atomic mass is 79.9. The molecule has 0 aliphatic heterocycles. The van der Waals surface area contributed by atoms with Gasteiger partial charge < -0.3 is 19.5 Å². The van der Waals surface area contributed by atoms with Crippen LogP contribution in [-0.2, 0) is 4.74 Å². The lowest BCUT2D eigenvalue weighted by Gasteiger charge is -2.43. The second-order valence-corrected chi connectivity index (χ2v) is 5.41. The molecule has 2 rings (SSSR count). The fourth-order valence-electron chi connectivity index (χ4n) is 2.34. The Hall–Kier alpha value is -0.780. The van der Waals surface area contributed by atoms with Gasteiger partial charge in [-0.25, -0.2) is 0 Å². The van der Waals surface area contributed by atoms with Crippen LogP contribution in [0.3, 0.4) is 0 Å². The molecule has 4 nitrogen and oxygen atoms in total. The first-order valence-corrected chi connectivity index (χ1v) is 7.25. The molecule has 3 atom stereocenters. The smallest absolute Gasteiger partial charge is 0.134 e. The number of hydrogen-bond acceptors (Lipinski definition) is 4. The highest BCUT2D eigenvalue weighted by Crippen LogP contribution is 2.34. The van der Waals surface area contributed by atoms with Crippen LogP contribution in [0.5, 0.6) is 11.5 Å². The van der Waals surface area contributed by atoms with Gasteiger partial charge in [0.2, 0.25) is 0 Å². The summed E-state index contributed by atoms with van der Waals surface area (Å²) < 4.78 is 17.5. The average molecular weight is 330 g/mol. The predicted octanol–water partition coefficient (Wildman–Crippen LogP) is 2.60. The van der Waals surface area contributed by atoms with Crippen LogP contribution in [0.25, 0.3) is 0 Å². The predicted molar refractivity (Wildman–Crippen MR) is 78.0 cm³/mol. The van der Waals surface area contributed by atoms with Gasteiger partial charge in [-0.15, -0.1) is 0 Å². The molecule has 0 bridgehead atoms. The van der Waals surface area contributed by atoms with E-state index >= 15 is 0 Å². The quantitative estimate of drug-likeness (QED) is 0.870. The van der Waals surface area contributed by atoms with Gasteiger partial charge in [-0.1, -0.05) is 6.92 Å². The summed E-state index contributed by atoms with van der Waals surface area (Å²) in [5, 5.41) is 3.39. The van der Waals surface area contributed by atoms with Crippen molar-refractivity contribution in [3.8, 4) is 11.5 Å². The molecule has 1 aliphatic rings. The van der Waals surface area contributed by atoms with E-state index < -0.39 is 0 Å². The van der Waals surface area contributed by atoms with E-state index in [0.29, 0.717) is 6.04 Å². The van der Waals surface area contributed by atoms with Gasteiger partial charge in [0.05, 0.1) is 11.6 Å². The maximum absolute atomic E-state index is 5.99. The molecule has 1 aromatic rings. The van der Waals surface area contributed by atoms with E-state index in [1.54, 1.807) is 14.2 Å². The zero-order chi connectivity index (χ0) is 13.8. The molecule has 0 saturated heterocycles. The van der Waals surface area contributed by atoms with Crippen molar-refractivity contribution >= 4 is 15.9 Å². The first-order valence-electron chi connectivity index (χ1n) is 6.46. The van der Waals surface area contributed by atoms with E-state index in [0.717, 1.165) is 28.9 Å². The van der Waals surface area contributed by atoms with Crippen LogP contribution in [0.15, 0.2) is 22.7 Å². The van der Waals surface area contributed by atoms with E-state index in [1.807, 2.05) is 18.2 Å². The molecule has 1 aromatic carbocycles. The van der Waals surface area contributed by atoms with Crippen molar-refractivity contribution in [3.63, 3.8) is 0 Å². The third-order valence-corrected chi connectivity index (χ3v) is 4.02. The average Bonchev–Trinajstić information content (AvgIpc) is 2.39. The number of likely N-dealkylation sites (N-methyl/N-ethyl adjacent to an activating group) is 1. The third-order valence-electron chi connectivity index (χ3n) is 3.41. The highest BCUT2D eigenvalue weighted by Gasteiger charge is 2.42. The van der Waals surface area contributed by atoms with Crippen LogP contribution in [0.1, 0.15) is 13.3 Å². The van der Waals surface area contributed by atoms with E-state index in [9.17, 15) is 0 Å². The largest absolute Gasteiger partial charge is 0.497 e. The van der Waals surface area contributed by atoms with Gasteiger partial charge in [-0.3, -0.25) is 0 Å². The molecule has 1 aliphatic carbocycles. The van der Waals surface area contributed by atoms with Crippen molar-refractivity contribution in [3.05, 3.63) is 22.7 Å². The Morgan fingerprint density at radius 2 is 2.16 bits per heavy atom. The molecular weight excluding hydrogens is 310 g/mol. The van der Waals surface area contributed by atoms with Crippen molar-refractivity contribution in [1.29, 1.82) is 0 Å². The molecule has 1 fully saturated rings. The van der Waals surface area contributed by atoms with Gasteiger partial charge in [-0.2, -0.15) is 0 Å². The maximum atomic E-state index is 5.99. The monoisotopic (exact) mass is 329 g/mol. The van der Waals surface area contributed by atoms with Crippen molar-refractivity contribution in [1.82, 2.24) is 5.32 Å². The molecule has 0 heterocycles. The van der Waals surface area contributed by atoms with Crippen molar-refractivity contribution in [2.75, 3.05) is 20.8 Å². The van der Waals surface area contributed by atoms with Crippen LogP contribution in [0, 0.1) is 0 Å². The van der Waals surface area contributed by atoms with Crippen LogP contribution >= 0.6 is 15.9 Å². The number of rotatable bonds is 6. The third kappa shape index (κ3) is 3.22. The number of halogens is 1. The number of methoxy groups -OCH3 is 2. The summed E-state index contributed by atoms with van der Waals surface area (Å²) in [5.74, 6) is 1.63. The fourth-order valence-corrected chi connectivity index (χ4v) is 2.79. The lowest BCUT2D eigenvalue weighted by atomic mass is 9.85. The second kappa shape index (κ2) is 6.59. The van der Waals surface area contributed by atoms with Crippen LogP contribution in [-0.4, -0.2) is 39.0 Å². The van der Waals surface area contributed by atoms with Crippen molar-refractivity contribution in [2.45, 2.75) is 31.6 Å². The Morgan fingerprint density at radius 1 is 1.37 bits per heavy atom. The molecule has 1 N–H and O–H groups in total. The van der Waals surface area contributed by atoms with Gasteiger partial charge in [0.15, 0.2) is 0 Å². The molecule has 0 aromatic heterocycles. The molecule has 0 radical (unpaired) electrons. The van der Waals surface area contributed by atoms with E-state index in [1.165, 1.54) is 0 Å². The van der Waals surface area contributed by atoms with Crippen molar-refractivity contribution < 1.29 is 14.2 Å². The van der Waals surface area contributed by atoms with Gasteiger partial charge >= 0.3 is 0 Å². The first-order chi connectivity index (χ1) is 9.19. The Bertz CT molecular complexity index is 427. The van der Waals surface area contributed by atoms with Gasteiger partial charge in [0.1, 0.15) is 23.7 Å². The molecule has 3 unspecified atom stereocenters. The minimum atomic E-state index is 0.0961. The van der Waals surface area contributed by atoms with E-state index in [2.05, 4.69) is 28.2 Å². The van der Waals surface area contributed by atoms with Gasteiger partial charge in [0.25, 0.3) is 0 Å². The minimum absolute atomic E-state index is 0.0961. The van der Waals surface area contributed by atoms with E-state index in [4.69, 9.17) is 14.2 Å². The van der Waals surface area contributed by atoms with Crippen LogP contribution in [0.2, 0.25) is 0 Å². The number of ether oxygens (including phenoxy) is 3. The van der Waals surface area contributed by atoms with Crippen molar-refractivity contribution in [2.24, 2.45) is 0 Å². The number of hydrogen-bond donors (Lipinski definition) is 1. The maximum Gasteiger partial charge on any atom is 0.134 e. The highest BCUT2D eigenvalue weighted by molar-refractivity contribution is 9.10. The molecule has 5 heteroatoms. The summed E-state index contributed by atoms with van der Waals surface area (Å²) in [7, 11) is 3.38. The molecule has 1 saturated carbocycles. The zero-order valence-electron chi connectivity index (χ0n) is 11.5. The van der Waals surface area contributed by atoms with Crippen LogP contribution in [0.4, 0.5) is 0 Å². The SMILES string of the molecule is CCNC1CC(Oc2ccc(OC)cc2Br)C1OC.